The van der Waals surface area contributed by atoms with Gasteiger partial charge in [0.05, 0.1) is 45.6 Å². The molecule has 0 unspecified atom stereocenters. The number of para-hydroxylation sites is 2. The molecule has 8 aromatic carbocycles. The third-order valence-corrected chi connectivity index (χ3v) is 11.8. The molecule has 284 valence electrons. The molecule has 0 amide bonds. The monoisotopic (exact) mass is 771 g/mol. The van der Waals surface area contributed by atoms with Crippen LogP contribution in [0.4, 0.5) is 18.9 Å². The van der Waals surface area contributed by atoms with Gasteiger partial charge in [0.1, 0.15) is 0 Å². The Morgan fingerprint density at radius 3 is 1.41 bits per heavy atom. The summed E-state index contributed by atoms with van der Waals surface area (Å²) < 4.78 is 49.2. The summed E-state index contributed by atoms with van der Waals surface area (Å²) in [4.78, 5) is 3.99. The number of fused-ring (bicyclic) bond motifs is 6. The van der Waals surface area contributed by atoms with E-state index in [0.29, 0.717) is 16.9 Å². The quantitative estimate of drug-likeness (QED) is 0.155. The van der Waals surface area contributed by atoms with Crippen LogP contribution in [0, 0.1) is 27.3 Å². The van der Waals surface area contributed by atoms with Crippen LogP contribution < -0.4 is 0 Å². The minimum atomic E-state index is -4.65. The van der Waals surface area contributed by atoms with Crippen LogP contribution in [0.5, 0.6) is 0 Å². The van der Waals surface area contributed by atoms with Crippen molar-refractivity contribution < 1.29 is 13.2 Å². The second-order valence-corrected chi connectivity index (χ2v) is 15.3. The summed E-state index contributed by atoms with van der Waals surface area (Å²) in [6.07, 6.45) is -4.65. The van der Waals surface area contributed by atoms with Crippen LogP contribution in [0.15, 0.2) is 164 Å². The third-order valence-electron chi connectivity index (χ3n) is 11.8. The molecule has 0 bridgehead atoms. The maximum atomic E-state index is 14.9. The first-order valence-electron chi connectivity index (χ1n) is 19.5. The Labute approximate surface area is 339 Å². The van der Waals surface area contributed by atoms with Gasteiger partial charge in [-0.15, -0.1) is 0 Å². The van der Waals surface area contributed by atoms with Crippen molar-refractivity contribution in [1.82, 2.24) is 9.13 Å². The Balaban J connectivity index is 1.39. The molecule has 0 N–H and O–H groups in total. The van der Waals surface area contributed by atoms with Crippen molar-refractivity contribution >= 4 is 49.3 Å². The van der Waals surface area contributed by atoms with Crippen molar-refractivity contribution in [3.05, 3.63) is 197 Å². The molecule has 6 heteroatoms. The Morgan fingerprint density at radius 1 is 0.441 bits per heavy atom. The van der Waals surface area contributed by atoms with Gasteiger partial charge in [-0.25, -0.2) is 4.85 Å². The van der Waals surface area contributed by atoms with Gasteiger partial charge in [-0.1, -0.05) is 121 Å². The van der Waals surface area contributed by atoms with Crippen molar-refractivity contribution in [3.63, 3.8) is 0 Å². The van der Waals surface area contributed by atoms with Gasteiger partial charge < -0.3 is 9.13 Å². The smallest absolute Gasteiger partial charge is 0.308 e. The number of aryl methyl sites for hydroxylation is 3. The van der Waals surface area contributed by atoms with E-state index in [1.807, 2.05) is 54.6 Å². The Bertz CT molecular complexity index is 3370. The van der Waals surface area contributed by atoms with Crippen LogP contribution in [0.25, 0.3) is 93.2 Å². The standard InChI is InChI=1S/C53H36F3N3/c1-32-14-5-7-17-37(32)35-24-26-41-39-19-9-11-22-46(39)58(48(41)28-35)50-30-43(52-34(3)16-13-21-44(52)53(54,55)56)45(57-4)31-51(50)59-47-23-12-10-20-40(47)42-27-25-36(29-49(42)59)38-18-8-6-15-33(38)2/h5-31H,1-3H3. The van der Waals surface area contributed by atoms with E-state index in [1.165, 1.54) is 6.07 Å². The van der Waals surface area contributed by atoms with E-state index in [0.717, 1.165) is 83.1 Å². The minimum absolute atomic E-state index is 0.00391. The van der Waals surface area contributed by atoms with E-state index in [9.17, 15) is 13.2 Å². The molecule has 10 rings (SSSR count). The lowest BCUT2D eigenvalue weighted by Gasteiger charge is -2.22. The van der Waals surface area contributed by atoms with E-state index in [1.54, 1.807) is 19.1 Å². The number of hydrogen-bond acceptors (Lipinski definition) is 0. The van der Waals surface area contributed by atoms with Crippen LogP contribution in [0.1, 0.15) is 22.3 Å². The van der Waals surface area contributed by atoms with Crippen molar-refractivity contribution in [2.75, 3.05) is 0 Å². The lowest BCUT2D eigenvalue weighted by atomic mass is 9.92. The lowest BCUT2D eigenvalue weighted by Crippen LogP contribution is -2.09. The fourth-order valence-electron chi connectivity index (χ4n) is 9.07. The molecule has 2 heterocycles. The second kappa shape index (κ2) is 13.6. The molecule has 0 radical (unpaired) electrons. The Hall–Kier alpha value is -7.36. The van der Waals surface area contributed by atoms with Gasteiger partial charge in [0.25, 0.3) is 0 Å². The minimum Gasteiger partial charge on any atom is -0.308 e. The van der Waals surface area contributed by atoms with Crippen LogP contribution in [-0.4, -0.2) is 9.13 Å². The fraction of sp³-hybridized carbons (Fsp3) is 0.0755. The molecule has 10 aromatic rings. The first kappa shape index (κ1) is 36.0. The zero-order valence-corrected chi connectivity index (χ0v) is 32.6. The molecule has 0 saturated carbocycles. The predicted molar refractivity (Wildman–Crippen MR) is 237 cm³/mol. The maximum absolute atomic E-state index is 14.9. The molecular weight excluding hydrogens is 736 g/mol. The summed E-state index contributed by atoms with van der Waals surface area (Å²) in [7, 11) is 0. The summed E-state index contributed by atoms with van der Waals surface area (Å²) in [6, 6.07) is 53.7. The normalized spacial score (nSPS) is 11.9. The van der Waals surface area contributed by atoms with Crippen LogP contribution >= 0.6 is 0 Å². The number of benzene rings is 8. The molecule has 0 aliphatic rings. The van der Waals surface area contributed by atoms with E-state index in [-0.39, 0.29) is 16.8 Å². The number of alkyl halides is 3. The third kappa shape index (κ3) is 5.73. The van der Waals surface area contributed by atoms with Crippen LogP contribution in [0.2, 0.25) is 0 Å². The molecule has 0 saturated heterocycles. The second-order valence-electron chi connectivity index (χ2n) is 15.3. The van der Waals surface area contributed by atoms with Crippen LogP contribution in [0.3, 0.4) is 0 Å². The molecule has 0 aliphatic carbocycles. The van der Waals surface area contributed by atoms with Gasteiger partial charge in [-0.2, -0.15) is 13.2 Å². The highest BCUT2D eigenvalue weighted by Crippen LogP contribution is 2.47. The van der Waals surface area contributed by atoms with Gasteiger partial charge in [-0.05, 0) is 113 Å². The van der Waals surface area contributed by atoms with E-state index < -0.39 is 11.7 Å². The molecular formula is C53H36F3N3. The molecule has 0 fully saturated rings. The fourth-order valence-corrected chi connectivity index (χ4v) is 9.07. The summed E-state index contributed by atoms with van der Waals surface area (Å²) >= 11 is 0. The predicted octanol–water partition coefficient (Wildman–Crippen LogP) is 15.4. The highest BCUT2D eigenvalue weighted by Gasteiger charge is 2.35. The number of rotatable bonds is 5. The highest BCUT2D eigenvalue weighted by molar-refractivity contribution is 6.13. The Morgan fingerprint density at radius 2 is 0.898 bits per heavy atom. The maximum Gasteiger partial charge on any atom is 0.416 e. The van der Waals surface area contributed by atoms with Crippen LogP contribution in [-0.2, 0) is 6.18 Å². The molecule has 0 atom stereocenters. The molecule has 2 aromatic heterocycles. The first-order valence-corrected chi connectivity index (χ1v) is 19.5. The van der Waals surface area contributed by atoms with E-state index in [4.69, 9.17) is 6.57 Å². The average molecular weight is 772 g/mol. The number of aromatic nitrogens is 2. The van der Waals surface area contributed by atoms with Gasteiger partial charge in [0.15, 0.2) is 5.69 Å². The van der Waals surface area contributed by atoms with E-state index in [2.05, 4.69) is 113 Å². The van der Waals surface area contributed by atoms with Crippen molar-refractivity contribution in [1.29, 1.82) is 0 Å². The van der Waals surface area contributed by atoms with Gasteiger partial charge in [0, 0.05) is 21.5 Å². The highest BCUT2D eigenvalue weighted by atomic mass is 19.4. The van der Waals surface area contributed by atoms with Crippen molar-refractivity contribution in [2.45, 2.75) is 26.9 Å². The van der Waals surface area contributed by atoms with Crippen molar-refractivity contribution in [3.8, 4) is 44.8 Å². The van der Waals surface area contributed by atoms with Gasteiger partial charge in [-0.3, -0.25) is 0 Å². The SMILES string of the molecule is [C-]#[N+]c1cc(-n2c3ccccc3c3ccc(-c4ccccc4C)cc32)c(-n2c3ccccc3c3ccc(-c4ccccc4C)cc32)cc1-c1c(C)cccc1C(F)(F)F. The molecule has 59 heavy (non-hydrogen) atoms. The first-order chi connectivity index (χ1) is 28.6. The summed E-state index contributed by atoms with van der Waals surface area (Å²) in [5.74, 6) is 0. The molecule has 0 spiro atoms. The van der Waals surface area contributed by atoms with Crippen molar-refractivity contribution in [2.24, 2.45) is 0 Å². The summed E-state index contributed by atoms with van der Waals surface area (Å²) in [5, 5.41) is 4.08. The summed E-state index contributed by atoms with van der Waals surface area (Å²) in [5.41, 5.74) is 11.5. The Kier molecular flexibility index (Phi) is 8.33. The lowest BCUT2D eigenvalue weighted by molar-refractivity contribution is -0.137. The zero-order valence-electron chi connectivity index (χ0n) is 32.6. The molecule has 0 aliphatic heterocycles. The molecule has 3 nitrogen and oxygen atoms in total. The van der Waals surface area contributed by atoms with Gasteiger partial charge >= 0.3 is 6.18 Å². The average Bonchev–Trinajstić information content (AvgIpc) is 3.75. The largest absolute Gasteiger partial charge is 0.416 e. The number of halogens is 3. The number of nitrogens with zero attached hydrogens (tertiary/aromatic N) is 3. The van der Waals surface area contributed by atoms with Gasteiger partial charge in [0.2, 0.25) is 0 Å². The van der Waals surface area contributed by atoms with E-state index >= 15 is 0 Å². The zero-order chi connectivity index (χ0) is 40.6. The topological polar surface area (TPSA) is 14.2 Å². The summed E-state index contributed by atoms with van der Waals surface area (Å²) in [6.45, 7) is 14.4. The number of hydrogen-bond donors (Lipinski definition) is 0.